The van der Waals surface area contributed by atoms with Crippen LogP contribution in [0.3, 0.4) is 0 Å². The second-order valence-electron chi connectivity index (χ2n) is 6.54. The predicted molar refractivity (Wildman–Crippen MR) is 89.6 cm³/mol. The zero-order valence-corrected chi connectivity index (χ0v) is 14.5. The van der Waals surface area contributed by atoms with Crippen molar-refractivity contribution in [2.45, 2.75) is 57.3 Å². The molecule has 3 rings (SSSR count). The summed E-state index contributed by atoms with van der Waals surface area (Å²) in [4.78, 5) is 35.4. The summed E-state index contributed by atoms with van der Waals surface area (Å²) in [6, 6.07) is 3.07. The van der Waals surface area contributed by atoms with E-state index in [1.165, 1.54) is 18.2 Å². The van der Waals surface area contributed by atoms with E-state index in [4.69, 9.17) is 4.74 Å². The van der Waals surface area contributed by atoms with E-state index in [9.17, 15) is 23.2 Å². The maximum Gasteiger partial charge on any atom is 0.387 e. The number of ether oxygens (including phenoxy) is 2. The van der Waals surface area contributed by atoms with Crippen molar-refractivity contribution >= 4 is 17.7 Å². The third-order valence-electron chi connectivity index (χ3n) is 4.56. The van der Waals surface area contributed by atoms with Gasteiger partial charge in [-0.3, -0.25) is 19.7 Å². The van der Waals surface area contributed by atoms with Crippen molar-refractivity contribution in [3.05, 3.63) is 23.8 Å². The molecule has 7 nitrogen and oxygen atoms in total. The van der Waals surface area contributed by atoms with E-state index >= 15 is 0 Å². The Morgan fingerprint density at radius 1 is 1.15 bits per heavy atom. The summed E-state index contributed by atoms with van der Waals surface area (Å²) >= 11 is 0. The first kappa shape index (κ1) is 19.1. The molecule has 2 aliphatic rings. The molecule has 1 heterocycles. The number of piperidine rings is 1. The zero-order valence-electron chi connectivity index (χ0n) is 14.5. The fourth-order valence-corrected chi connectivity index (χ4v) is 3.19. The van der Waals surface area contributed by atoms with Gasteiger partial charge < -0.3 is 14.8 Å². The molecule has 1 saturated carbocycles. The molecule has 0 spiro atoms. The van der Waals surface area contributed by atoms with Crippen LogP contribution in [0.15, 0.2) is 18.2 Å². The first-order valence-electron chi connectivity index (χ1n) is 8.82. The summed E-state index contributed by atoms with van der Waals surface area (Å²) in [5, 5.41) is 4.69. The largest absolute Gasteiger partial charge is 0.487 e. The number of carbonyl (C=O) groups is 3. The molecule has 1 aliphatic heterocycles. The molecule has 0 unspecified atom stereocenters. The predicted octanol–water partition coefficient (Wildman–Crippen LogP) is 2.14. The number of imide groups is 1. The molecule has 27 heavy (non-hydrogen) atoms. The van der Waals surface area contributed by atoms with Crippen LogP contribution >= 0.6 is 0 Å². The smallest absolute Gasteiger partial charge is 0.387 e. The second-order valence-corrected chi connectivity index (χ2v) is 6.54. The second kappa shape index (κ2) is 8.32. The van der Waals surface area contributed by atoms with Gasteiger partial charge in [-0.05, 0) is 50.3 Å². The van der Waals surface area contributed by atoms with Gasteiger partial charge in [0.1, 0.15) is 6.04 Å². The van der Waals surface area contributed by atoms with Crippen LogP contribution in [0.2, 0.25) is 0 Å². The number of carbonyl (C=O) groups excluding carboxylic acids is 3. The fraction of sp³-hybridized carbons (Fsp3) is 0.500. The molecule has 1 aromatic rings. The molecule has 146 valence electrons. The first-order valence-corrected chi connectivity index (χ1v) is 8.82. The highest BCUT2D eigenvalue weighted by Gasteiger charge is 2.28. The summed E-state index contributed by atoms with van der Waals surface area (Å²) in [6.45, 7) is -3.01. The number of hydrogen-bond donors (Lipinski definition) is 2. The van der Waals surface area contributed by atoms with Crippen LogP contribution in [0.4, 0.5) is 8.78 Å². The van der Waals surface area contributed by atoms with Crippen molar-refractivity contribution < 1.29 is 32.6 Å². The number of amides is 3. The van der Waals surface area contributed by atoms with Crippen LogP contribution in [0.5, 0.6) is 11.5 Å². The van der Waals surface area contributed by atoms with Crippen LogP contribution in [-0.2, 0) is 9.59 Å². The van der Waals surface area contributed by atoms with E-state index in [1.54, 1.807) is 0 Å². The summed E-state index contributed by atoms with van der Waals surface area (Å²) in [5.74, 6) is -1.59. The quantitative estimate of drug-likeness (QED) is 0.736. The molecule has 1 atom stereocenters. The standard InChI is InChI=1S/C18H20F2N2O5/c19-18(20)27-13-7-5-10(9-14(13)26-11-3-1-2-4-11)16(24)21-12-6-8-15(23)22-17(12)25/h5,7,9,11-12,18H,1-4,6,8H2,(H,21,24)(H,22,23,25)/t12-/m0/s1. The number of rotatable bonds is 6. The third-order valence-corrected chi connectivity index (χ3v) is 4.56. The minimum absolute atomic E-state index is 0.0677. The Morgan fingerprint density at radius 3 is 2.56 bits per heavy atom. The molecule has 0 radical (unpaired) electrons. The van der Waals surface area contributed by atoms with Gasteiger partial charge in [0.25, 0.3) is 5.91 Å². The van der Waals surface area contributed by atoms with Crippen LogP contribution in [0, 0.1) is 0 Å². The van der Waals surface area contributed by atoms with Crippen LogP contribution in [0.1, 0.15) is 48.9 Å². The van der Waals surface area contributed by atoms with Crippen LogP contribution < -0.4 is 20.1 Å². The number of halogens is 2. The lowest BCUT2D eigenvalue weighted by Crippen LogP contribution is -2.52. The average Bonchev–Trinajstić information content (AvgIpc) is 3.11. The first-order chi connectivity index (χ1) is 12.9. The molecule has 1 aliphatic carbocycles. The van der Waals surface area contributed by atoms with Crippen LogP contribution in [0.25, 0.3) is 0 Å². The lowest BCUT2D eigenvalue weighted by atomic mass is 10.1. The monoisotopic (exact) mass is 382 g/mol. The Balaban J connectivity index is 1.74. The molecule has 1 aromatic carbocycles. The van der Waals surface area contributed by atoms with Gasteiger partial charge in [-0.2, -0.15) is 8.78 Å². The maximum absolute atomic E-state index is 12.6. The van der Waals surface area contributed by atoms with E-state index < -0.39 is 24.5 Å². The molecule has 2 N–H and O–H groups in total. The van der Waals surface area contributed by atoms with Gasteiger partial charge >= 0.3 is 6.61 Å². The molecular formula is C18H20F2N2O5. The minimum atomic E-state index is -3.01. The number of alkyl halides is 2. The topological polar surface area (TPSA) is 93.7 Å². The molecule has 1 saturated heterocycles. The van der Waals surface area contributed by atoms with Gasteiger partial charge in [-0.1, -0.05) is 0 Å². The molecular weight excluding hydrogens is 362 g/mol. The van der Waals surface area contributed by atoms with Gasteiger partial charge in [0.15, 0.2) is 11.5 Å². The third kappa shape index (κ3) is 4.93. The van der Waals surface area contributed by atoms with Crippen molar-refractivity contribution in [3.8, 4) is 11.5 Å². The van der Waals surface area contributed by atoms with Crippen molar-refractivity contribution in [1.82, 2.24) is 10.6 Å². The van der Waals surface area contributed by atoms with Crippen molar-refractivity contribution in [2.24, 2.45) is 0 Å². The van der Waals surface area contributed by atoms with E-state index in [0.29, 0.717) is 0 Å². The van der Waals surface area contributed by atoms with Crippen LogP contribution in [-0.4, -0.2) is 36.5 Å². The average molecular weight is 382 g/mol. The summed E-state index contributed by atoms with van der Waals surface area (Å²) < 4.78 is 35.5. The van der Waals surface area contributed by atoms with Crippen molar-refractivity contribution in [3.63, 3.8) is 0 Å². The van der Waals surface area contributed by atoms with E-state index in [2.05, 4.69) is 15.4 Å². The van der Waals surface area contributed by atoms with Gasteiger partial charge in [-0.25, -0.2) is 0 Å². The molecule has 9 heteroatoms. The maximum atomic E-state index is 12.6. The van der Waals surface area contributed by atoms with Gasteiger partial charge in [-0.15, -0.1) is 0 Å². The zero-order chi connectivity index (χ0) is 19.4. The number of hydrogen-bond acceptors (Lipinski definition) is 5. The van der Waals surface area contributed by atoms with E-state index in [0.717, 1.165) is 25.7 Å². The highest BCUT2D eigenvalue weighted by atomic mass is 19.3. The lowest BCUT2D eigenvalue weighted by molar-refractivity contribution is -0.134. The van der Waals surface area contributed by atoms with Gasteiger partial charge in [0, 0.05) is 12.0 Å². The molecule has 0 aromatic heterocycles. The summed E-state index contributed by atoms with van der Waals surface area (Å²) in [5.41, 5.74) is 0.148. The molecule has 0 bridgehead atoms. The highest BCUT2D eigenvalue weighted by molar-refractivity contribution is 6.03. The fourth-order valence-electron chi connectivity index (χ4n) is 3.19. The Morgan fingerprint density at radius 2 is 1.89 bits per heavy atom. The Hall–Kier alpha value is -2.71. The van der Waals surface area contributed by atoms with E-state index in [-0.39, 0.29) is 41.9 Å². The SMILES string of the molecule is O=C1CC[C@H](NC(=O)c2ccc(OC(F)F)c(OC3CCCC3)c2)C(=O)N1. The van der Waals surface area contributed by atoms with Crippen molar-refractivity contribution in [2.75, 3.05) is 0 Å². The highest BCUT2D eigenvalue weighted by Crippen LogP contribution is 2.33. The Bertz CT molecular complexity index is 734. The minimum Gasteiger partial charge on any atom is -0.487 e. The summed E-state index contributed by atoms with van der Waals surface area (Å²) in [7, 11) is 0. The Labute approximate surface area is 154 Å². The molecule has 2 fully saturated rings. The van der Waals surface area contributed by atoms with Crippen molar-refractivity contribution in [1.29, 1.82) is 0 Å². The number of nitrogens with one attached hydrogen (secondary N) is 2. The van der Waals surface area contributed by atoms with Gasteiger partial charge in [0.05, 0.1) is 6.10 Å². The van der Waals surface area contributed by atoms with E-state index in [1.807, 2.05) is 0 Å². The summed E-state index contributed by atoms with van der Waals surface area (Å²) in [6.07, 6.45) is 3.82. The Kier molecular flexibility index (Phi) is 5.88. The molecule has 3 amide bonds. The van der Waals surface area contributed by atoms with Gasteiger partial charge in [0.2, 0.25) is 11.8 Å². The normalized spacial score (nSPS) is 20.5. The number of benzene rings is 1. The lowest BCUT2D eigenvalue weighted by Gasteiger charge is -2.22.